The molecule has 0 saturated heterocycles. The van der Waals surface area contributed by atoms with Gasteiger partial charge in [-0.2, -0.15) is 18.6 Å². The van der Waals surface area contributed by atoms with Gasteiger partial charge in [0.05, 0.1) is 40.8 Å². The summed E-state index contributed by atoms with van der Waals surface area (Å²) in [6.07, 6.45) is 13.0. The summed E-state index contributed by atoms with van der Waals surface area (Å²) in [7, 11) is -4.29. The second kappa shape index (κ2) is 13.4. The van der Waals surface area contributed by atoms with E-state index in [1.54, 1.807) is 12.1 Å². The van der Waals surface area contributed by atoms with Gasteiger partial charge in [-0.05, 0) is 79.6 Å². The Kier molecular flexibility index (Phi) is 8.66. The van der Waals surface area contributed by atoms with Crippen LogP contribution in [-0.2, 0) is 36.0 Å². The second-order valence-corrected chi connectivity index (χ2v) is 15.2. The van der Waals surface area contributed by atoms with Gasteiger partial charge in [0.1, 0.15) is 0 Å². The number of hydrogen-bond donors (Lipinski definition) is 1. The zero-order valence-electron chi connectivity index (χ0n) is 28.9. The lowest BCUT2D eigenvalue weighted by Crippen LogP contribution is -2.04. The van der Waals surface area contributed by atoms with Gasteiger partial charge in [0, 0.05) is 35.1 Å². The molecule has 0 aliphatic heterocycles. The Morgan fingerprint density at radius 3 is 1.73 bits per heavy atom. The predicted molar refractivity (Wildman–Crippen MR) is 203 cm³/mol. The Labute approximate surface area is 299 Å². The number of rotatable bonds is 11. The summed E-state index contributed by atoms with van der Waals surface area (Å²) in [6, 6.07) is 30.6. The van der Waals surface area contributed by atoms with E-state index in [0.717, 1.165) is 71.6 Å². The molecule has 0 atom stereocenters. The molecule has 6 aromatic rings. The van der Waals surface area contributed by atoms with Crippen molar-refractivity contribution in [2.45, 2.75) is 63.9 Å². The minimum atomic E-state index is -4.29. The number of nitrogens with zero attached hydrogens (tertiary/aromatic N) is 4. The average Bonchev–Trinajstić information content (AvgIpc) is 3.86. The molecule has 0 fully saturated rings. The molecule has 7 nitrogen and oxygen atoms in total. The molecule has 2 aromatic heterocycles. The highest BCUT2D eigenvalue weighted by atomic mass is 32.2. The Bertz CT molecular complexity index is 2430. The van der Waals surface area contributed by atoms with Crippen molar-refractivity contribution in [3.63, 3.8) is 0 Å². The molecule has 8 heteroatoms. The second-order valence-electron chi connectivity index (χ2n) is 13.8. The van der Waals surface area contributed by atoms with Crippen LogP contribution < -0.4 is 0 Å². The van der Waals surface area contributed by atoms with Crippen molar-refractivity contribution in [2.75, 3.05) is 0 Å². The van der Waals surface area contributed by atoms with Gasteiger partial charge in [0.2, 0.25) is 0 Å². The van der Waals surface area contributed by atoms with Crippen molar-refractivity contribution < 1.29 is 13.0 Å². The predicted octanol–water partition coefficient (Wildman–Crippen LogP) is 9.08. The molecular weight excluding hydrogens is 653 g/mol. The summed E-state index contributed by atoms with van der Waals surface area (Å²) in [5.74, 6) is 0. The molecule has 1 N–H and O–H groups in total. The van der Waals surface area contributed by atoms with Gasteiger partial charge in [-0.3, -0.25) is 13.9 Å². The van der Waals surface area contributed by atoms with Gasteiger partial charge in [-0.1, -0.05) is 102 Å². The van der Waals surface area contributed by atoms with Gasteiger partial charge in [0.25, 0.3) is 10.1 Å². The van der Waals surface area contributed by atoms with E-state index in [9.17, 15) is 13.0 Å². The monoisotopic (exact) mass is 692 g/mol. The highest BCUT2D eigenvalue weighted by Crippen LogP contribution is 2.41. The minimum Gasteiger partial charge on any atom is -0.282 e. The smallest absolute Gasteiger partial charge is 0.282 e. The third kappa shape index (κ3) is 6.65. The molecule has 2 aliphatic rings. The summed E-state index contributed by atoms with van der Waals surface area (Å²) in [4.78, 5) is -0.0814. The fraction of sp³-hybridized carbons (Fsp3) is 0.209. The number of unbranched alkanes of at least 4 members (excludes halogenated alkanes) is 2. The lowest BCUT2D eigenvalue weighted by atomic mass is 10.1. The molecule has 51 heavy (non-hydrogen) atoms. The van der Waals surface area contributed by atoms with Gasteiger partial charge in [-0.25, -0.2) is 0 Å². The molecule has 8 rings (SSSR count). The normalized spacial score (nSPS) is 13.2. The van der Waals surface area contributed by atoms with Crippen LogP contribution in [0, 0.1) is 13.8 Å². The zero-order chi connectivity index (χ0) is 35.1. The van der Waals surface area contributed by atoms with Gasteiger partial charge < -0.3 is 0 Å². The van der Waals surface area contributed by atoms with Crippen LogP contribution in [0.15, 0.2) is 108 Å². The number of aryl methyl sites for hydroxylation is 2. The Morgan fingerprint density at radius 2 is 1.18 bits per heavy atom. The maximum Gasteiger partial charge on any atom is 0.294 e. The standard InChI is InChI=1S/C43H40N4O3S/c1-29-14-18-31(19-15-29)27-46-42-36-11-9-8-10-33(36)25-38(42)40(44-46)12-6-4-3-5-7-13-41-39-26-34-24-35(51(48,49)50)22-23-37(34)43(39)47(45-41)28-32-20-16-30(2)17-21-32/h6-24H,3-5,25-28H2,1-2H3,(H,48,49,50). The van der Waals surface area contributed by atoms with E-state index in [2.05, 4.69) is 116 Å². The van der Waals surface area contributed by atoms with Crippen LogP contribution in [-0.4, -0.2) is 32.5 Å². The van der Waals surface area contributed by atoms with E-state index in [1.807, 2.05) is 4.68 Å². The Balaban J connectivity index is 0.972. The maximum atomic E-state index is 11.9. The molecular formula is C43H40N4O3S. The van der Waals surface area contributed by atoms with E-state index in [0.29, 0.717) is 13.0 Å². The largest absolute Gasteiger partial charge is 0.294 e. The first kappa shape index (κ1) is 32.9. The van der Waals surface area contributed by atoms with Crippen LogP contribution in [0.4, 0.5) is 0 Å². The summed E-state index contributed by atoms with van der Waals surface area (Å²) in [6.45, 7) is 5.54. The van der Waals surface area contributed by atoms with Gasteiger partial charge in [0.15, 0.2) is 0 Å². The van der Waals surface area contributed by atoms with Crippen molar-refractivity contribution in [3.8, 4) is 22.5 Å². The Morgan fingerprint density at radius 1 is 0.667 bits per heavy atom. The van der Waals surface area contributed by atoms with E-state index in [4.69, 9.17) is 10.2 Å². The number of fused-ring (bicyclic) bond motifs is 6. The minimum absolute atomic E-state index is 0.0814. The first-order valence-corrected chi connectivity index (χ1v) is 19.0. The first-order chi connectivity index (χ1) is 24.7. The van der Waals surface area contributed by atoms with Crippen LogP contribution in [0.5, 0.6) is 0 Å². The van der Waals surface area contributed by atoms with Crippen LogP contribution in [0.2, 0.25) is 0 Å². The molecule has 0 radical (unpaired) electrons. The number of allylic oxidation sites excluding steroid dienone is 2. The van der Waals surface area contributed by atoms with Crippen molar-refractivity contribution in [1.29, 1.82) is 0 Å². The van der Waals surface area contributed by atoms with Crippen molar-refractivity contribution in [2.24, 2.45) is 0 Å². The summed E-state index contributed by atoms with van der Waals surface area (Å²) >= 11 is 0. The van der Waals surface area contributed by atoms with E-state index in [1.165, 1.54) is 45.1 Å². The SMILES string of the molecule is Cc1ccc(Cn2nc(C=CCCCC=Cc3nn(Cc4ccc(C)cc4)c4c3Cc3cc(S(=O)(=O)O)ccc3-4)c3c2-c2ccccc2C3)cc1. The first-order valence-electron chi connectivity index (χ1n) is 17.5. The number of hydrogen-bond acceptors (Lipinski definition) is 4. The number of benzene rings is 4. The summed E-state index contributed by atoms with van der Waals surface area (Å²) in [5, 5.41) is 10.1. The molecule has 0 amide bonds. The van der Waals surface area contributed by atoms with E-state index < -0.39 is 10.1 Å². The summed E-state index contributed by atoms with van der Waals surface area (Å²) < 4.78 is 37.6. The lowest BCUT2D eigenvalue weighted by Gasteiger charge is -2.09. The molecule has 2 heterocycles. The maximum absolute atomic E-state index is 11.9. The van der Waals surface area contributed by atoms with Crippen molar-refractivity contribution >= 4 is 22.3 Å². The fourth-order valence-electron chi connectivity index (χ4n) is 7.35. The summed E-state index contributed by atoms with van der Waals surface area (Å²) in [5.41, 5.74) is 15.9. The van der Waals surface area contributed by atoms with Crippen LogP contribution in [0.3, 0.4) is 0 Å². The highest BCUT2D eigenvalue weighted by Gasteiger charge is 2.29. The van der Waals surface area contributed by atoms with Crippen molar-refractivity contribution in [3.05, 3.63) is 159 Å². The highest BCUT2D eigenvalue weighted by molar-refractivity contribution is 7.85. The molecule has 0 bridgehead atoms. The van der Waals surface area contributed by atoms with Crippen LogP contribution >= 0.6 is 0 Å². The molecule has 0 unspecified atom stereocenters. The number of aromatic nitrogens is 4. The van der Waals surface area contributed by atoms with E-state index in [-0.39, 0.29) is 4.90 Å². The fourth-order valence-corrected chi connectivity index (χ4v) is 7.89. The van der Waals surface area contributed by atoms with Crippen LogP contribution in [0.25, 0.3) is 34.7 Å². The average molecular weight is 693 g/mol. The zero-order valence-corrected chi connectivity index (χ0v) is 29.7. The van der Waals surface area contributed by atoms with Gasteiger partial charge >= 0.3 is 0 Å². The molecule has 4 aromatic carbocycles. The molecule has 0 spiro atoms. The molecule has 256 valence electrons. The van der Waals surface area contributed by atoms with Gasteiger partial charge in [-0.15, -0.1) is 0 Å². The van der Waals surface area contributed by atoms with Crippen molar-refractivity contribution in [1.82, 2.24) is 19.6 Å². The topological polar surface area (TPSA) is 90.0 Å². The van der Waals surface area contributed by atoms with Crippen LogP contribution in [0.1, 0.15) is 75.2 Å². The quantitative estimate of drug-likeness (QED) is 0.108. The Hall–Kier alpha value is -5.31. The van der Waals surface area contributed by atoms with E-state index >= 15 is 0 Å². The third-order valence-corrected chi connectivity index (χ3v) is 10.8. The molecule has 0 saturated carbocycles. The third-order valence-electron chi connectivity index (χ3n) is 10.00. The molecule has 2 aliphatic carbocycles. The lowest BCUT2D eigenvalue weighted by molar-refractivity contribution is 0.483.